The molecule has 1 aromatic carbocycles. The fraction of sp³-hybridized carbons (Fsp3) is 0.333. The van der Waals surface area contributed by atoms with Crippen molar-refractivity contribution in [3.63, 3.8) is 0 Å². The van der Waals surface area contributed by atoms with Gasteiger partial charge in [0.2, 0.25) is 0 Å². The molecule has 0 bridgehead atoms. The van der Waals surface area contributed by atoms with Crippen LogP contribution in [-0.4, -0.2) is 36.9 Å². The molecule has 0 saturated carbocycles. The predicted molar refractivity (Wildman–Crippen MR) is 98.8 cm³/mol. The second-order valence-corrected chi connectivity index (χ2v) is 8.68. The molecule has 1 amide bonds. The van der Waals surface area contributed by atoms with Gasteiger partial charge in [-0.15, -0.1) is 0 Å². The molecular formula is C18H21N3O3S. The summed E-state index contributed by atoms with van der Waals surface area (Å²) in [5.41, 5.74) is 3.85. The van der Waals surface area contributed by atoms with E-state index < -0.39 is 9.84 Å². The van der Waals surface area contributed by atoms with Crippen LogP contribution in [0.25, 0.3) is 0 Å². The number of nitrogens with one attached hydrogen (secondary N) is 2. The normalized spacial score (nSPS) is 18.7. The molecule has 6 nitrogen and oxygen atoms in total. The molecule has 3 rings (SSSR count). The Balaban J connectivity index is 1.65. The molecule has 1 aliphatic heterocycles. The van der Waals surface area contributed by atoms with Crippen LogP contribution in [0.2, 0.25) is 0 Å². The van der Waals surface area contributed by atoms with Gasteiger partial charge in [0, 0.05) is 11.7 Å². The molecule has 1 aliphatic rings. The van der Waals surface area contributed by atoms with Crippen LogP contribution in [0.1, 0.15) is 28.0 Å². The maximum atomic E-state index is 12.3. The third-order valence-electron chi connectivity index (χ3n) is 4.24. The Morgan fingerprint density at radius 3 is 2.64 bits per heavy atom. The fourth-order valence-corrected chi connectivity index (χ4v) is 4.49. The summed E-state index contributed by atoms with van der Waals surface area (Å²) in [4.78, 5) is 16.5. The smallest absolute Gasteiger partial charge is 0.274 e. The van der Waals surface area contributed by atoms with Crippen molar-refractivity contribution in [1.29, 1.82) is 0 Å². The topological polar surface area (TPSA) is 88.2 Å². The third kappa shape index (κ3) is 4.36. The number of rotatable bonds is 4. The molecule has 1 atom stereocenters. The summed E-state index contributed by atoms with van der Waals surface area (Å²) in [6, 6.07) is 9.15. The van der Waals surface area contributed by atoms with Crippen molar-refractivity contribution < 1.29 is 13.2 Å². The van der Waals surface area contributed by atoms with Gasteiger partial charge in [-0.1, -0.05) is 12.1 Å². The maximum Gasteiger partial charge on any atom is 0.274 e. The highest BCUT2D eigenvalue weighted by molar-refractivity contribution is 7.91. The van der Waals surface area contributed by atoms with Crippen LogP contribution in [0, 0.1) is 13.8 Å². The number of anilines is 2. The van der Waals surface area contributed by atoms with Gasteiger partial charge in [0.15, 0.2) is 9.84 Å². The van der Waals surface area contributed by atoms with Gasteiger partial charge in [0.05, 0.1) is 23.4 Å². The lowest BCUT2D eigenvalue weighted by Gasteiger charge is -2.12. The quantitative estimate of drug-likeness (QED) is 0.876. The first-order valence-corrected chi connectivity index (χ1v) is 9.96. The lowest BCUT2D eigenvalue weighted by atomic mass is 10.1. The summed E-state index contributed by atoms with van der Waals surface area (Å²) < 4.78 is 23.0. The van der Waals surface area contributed by atoms with Crippen LogP contribution in [-0.2, 0) is 9.84 Å². The molecule has 0 spiro atoms. The number of hydrogen-bond donors (Lipinski definition) is 2. The lowest BCUT2D eigenvalue weighted by Crippen LogP contribution is -2.21. The Morgan fingerprint density at radius 1 is 1.20 bits per heavy atom. The van der Waals surface area contributed by atoms with E-state index in [1.165, 1.54) is 0 Å². The van der Waals surface area contributed by atoms with Crippen LogP contribution in [0.15, 0.2) is 36.5 Å². The van der Waals surface area contributed by atoms with E-state index in [9.17, 15) is 13.2 Å². The highest BCUT2D eigenvalue weighted by atomic mass is 32.2. The number of sulfone groups is 1. The molecule has 1 fully saturated rings. The molecule has 1 aromatic heterocycles. The molecule has 132 valence electrons. The first kappa shape index (κ1) is 17.4. The molecular weight excluding hydrogens is 338 g/mol. The van der Waals surface area contributed by atoms with Crippen LogP contribution in [0.3, 0.4) is 0 Å². The van der Waals surface area contributed by atoms with E-state index in [4.69, 9.17) is 0 Å². The Morgan fingerprint density at radius 2 is 2.00 bits per heavy atom. The van der Waals surface area contributed by atoms with Crippen molar-refractivity contribution in [1.82, 2.24) is 4.98 Å². The molecule has 2 heterocycles. The van der Waals surface area contributed by atoms with E-state index in [2.05, 4.69) is 15.6 Å². The van der Waals surface area contributed by atoms with Gasteiger partial charge in [-0.25, -0.2) is 13.4 Å². The summed E-state index contributed by atoms with van der Waals surface area (Å²) in [5, 5.41) is 6.03. The zero-order valence-electron chi connectivity index (χ0n) is 14.2. The zero-order chi connectivity index (χ0) is 18.0. The SMILES string of the molecule is Cc1ccc(C)c(NC(=O)c2ccc(NC3CCS(=O)(=O)C3)cn2)c1. The summed E-state index contributed by atoms with van der Waals surface area (Å²) in [7, 11) is -2.93. The van der Waals surface area contributed by atoms with Crippen LogP contribution in [0.5, 0.6) is 0 Å². The fourth-order valence-electron chi connectivity index (χ4n) is 2.81. The summed E-state index contributed by atoms with van der Waals surface area (Å²) in [6.45, 7) is 3.90. The molecule has 7 heteroatoms. The van der Waals surface area contributed by atoms with E-state index in [0.29, 0.717) is 17.8 Å². The highest BCUT2D eigenvalue weighted by Crippen LogP contribution is 2.19. The predicted octanol–water partition coefficient (Wildman–Crippen LogP) is 2.55. The Kier molecular flexibility index (Phi) is 4.76. The van der Waals surface area contributed by atoms with E-state index in [1.807, 2.05) is 32.0 Å². The van der Waals surface area contributed by atoms with E-state index in [0.717, 1.165) is 16.8 Å². The van der Waals surface area contributed by atoms with Crippen LogP contribution >= 0.6 is 0 Å². The van der Waals surface area contributed by atoms with E-state index in [-0.39, 0.29) is 23.5 Å². The molecule has 0 aliphatic carbocycles. The van der Waals surface area contributed by atoms with Gasteiger partial charge in [0.1, 0.15) is 5.69 Å². The molecule has 0 radical (unpaired) electrons. The minimum atomic E-state index is -2.93. The van der Waals surface area contributed by atoms with Gasteiger partial charge in [0.25, 0.3) is 5.91 Å². The number of hydrogen-bond acceptors (Lipinski definition) is 5. The highest BCUT2D eigenvalue weighted by Gasteiger charge is 2.27. The van der Waals surface area contributed by atoms with Gasteiger partial charge in [-0.2, -0.15) is 0 Å². The molecule has 25 heavy (non-hydrogen) atoms. The van der Waals surface area contributed by atoms with E-state index in [1.54, 1.807) is 18.3 Å². The zero-order valence-corrected chi connectivity index (χ0v) is 15.1. The van der Waals surface area contributed by atoms with Crippen LogP contribution < -0.4 is 10.6 Å². The Labute approximate surface area is 147 Å². The first-order valence-electron chi connectivity index (χ1n) is 8.14. The maximum absolute atomic E-state index is 12.3. The van der Waals surface area contributed by atoms with Gasteiger partial charge in [-0.3, -0.25) is 4.79 Å². The second-order valence-electron chi connectivity index (χ2n) is 6.45. The number of aromatic nitrogens is 1. The second kappa shape index (κ2) is 6.84. The summed E-state index contributed by atoms with van der Waals surface area (Å²) >= 11 is 0. The minimum Gasteiger partial charge on any atom is -0.380 e. The molecule has 2 N–H and O–H groups in total. The average molecular weight is 359 g/mol. The number of benzene rings is 1. The number of carbonyl (C=O) groups is 1. The van der Waals surface area contributed by atoms with Crippen molar-refractivity contribution in [2.24, 2.45) is 0 Å². The van der Waals surface area contributed by atoms with Gasteiger partial charge < -0.3 is 10.6 Å². The first-order chi connectivity index (χ1) is 11.8. The lowest BCUT2D eigenvalue weighted by molar-refractivity contribution is 0.102. The van der Waals surface area contributed by atoms with Gasteiger partial charge in [-0.05, 0) is 49.6 Å². The standard InChI is InChI=1S/C18H21N3O3S/c1-12-3-4-13(2)17(9-12)21-18(22)16-6-5-14(10-19-16)20-15-7-8-25(23,24)11-15/h3-6,9-10,15,20H,7-8,11H2,1-2H3,(H,21,22). The summed E-state index contributed by atoms with van der Waals surface area (Å²) in [6.07, 6.45) is 2.15. The van der Waals surface area contributed by atoms with Gasteiger partial charge >= 0.3 is 0 Å². The van der Waals surface area contributed by atoms with Crippen molar-refractivity contribution in [2.45, 2.75) is 26.3 Å². The monoisotopic (exact) mass is 359 g/mol. The summed E-state index contributed by atoms with van der Waals surface area (Å²) in [5.74, 6) is 0.0831. The van der Waals surface area contributed by atoms with Crippen molar-refractivity contribution in [3.05, 3.63) is 53.3 Å². The molecule has 1 saturated heterocycles. The number of pyridine rings is 1. The Bertz CT molecular complexity index is 892. The number of aryl methyl sites for hydroxylation is 2. The van der Waals surface area contributed by atoms with Crippen LogP contribution in [0.4, 0.5) is 11.4 Å². The van der Waals surface area contributed by atoms with Crippen molar-refractivity contribution in [3.8, 4) is 0 Å². The Hall–Kier alpha value is -2.41. The van der Waals surface area contributed by atoms with Crippen molar-refractivity contribution >= 4 is 27.1 Å². The molecule has 1 unspecified atom stereocenters. The number of nitrogens with zero attached hydrogens (tertiary/aromatic N) is 1. The molecule has 2 aromatic rings. The number of amides is 1. The van der Waals surface area contributed by atoms with E-state index >= 15 is 0 Å². The largest absolute Gasteiger partial charge is 0.380 e. The minimum absolute atomic E-state index is 0.0959. The van der Waals surface area contributed by atoms with Crippen molar-refractivity contribution in [2.75, 3.05) is 22.1 Å². The average Bonchev–Trinajstić information content (AvgIpc) is 2.90. The number of carbonyl (C=O) groups excluding carboxylic acids is 1. The third-order valence-corrected chi connectivity index (χ3v) is 6.01.